The van der Waals surface area contributed by atoms with Gasteiger partial charge in [-0.15, -0.1) is 11.3 Å². The molecule has 0 saturated carbocycles. The van der Waals surface area contributed by atoms with Crippen molar-refractivity contribution in [2.45, 2.75) is 6.92 Å². The monoisotopic (exact) mass is 320 g/mol. The lowest BCUT2D eigenvalue weighted by atomic mass is 10.1. The molecule has 0 radical (unpaired) electrons. The summed E-state index contributed by atoms with van der Waals surface area (Å²) in [6.07, 6.45) is 1.55. The molecule has 2 amide bonds. The van der Waals surface area contributed by atoms with Crippen LogP contribution in [0.4, 0.5) is 10.8 Å². The summed E-state index contributed by atoms with van der Waals surface area (Å²) >= 11 is 1.26. The third kappa shape index (κ3) is 3.85. The summed E-state index contributed by atoms with van der Waals surface area (Å²) in [6, 6.07) is 4.14. The minimum absolute atomic E-state index is 0.124. The van der Waals surface area contributed by atoms with Gasteiger partial charge in [0.05, 0.1) is 11.5 Å². The summed E-state index contributed by atoms with van der Waals surface area (Å²) in [5.41, 5.74) is 0.447. The van der Waals surface area contributed by atoms with Gasteiger partial charge in [-0.2, -0.15) is 0 Å². The molecule has 8 nitrogen and oxygen atoms in total. The maximum atomic E-state index is 11.9. The summed E-state index contributed by atoms with van der Waals surface area (Å²) in [6.45, 7) is 1.33. The number of thiazole rings is 1. The van der Waals surface area contributed by atoms with E-state index < -0.39 is 16.7 Å². The van der Waals surface area contributed by atoms with Crippen molar-refractivity contribution >= 4 is 34.0 Å². The molecule has 0 aliphatic rings. The summed E-state index contributed by atoms with van der Waals surface area (Å²) in [4.78, 5) is 37.7. The van der Waals surface area contributed by atoms with E-state index in [0.29, 0.717) is 10.7 Å². The first-order valence-electron chi connectivity index (χ1n) is 6.20. The number of nitro benzene ring substituents is 1. The maximum Gasteiger partial charge on any atom is 0.273 e. The molecule has 0 atom stereocenters. The highest BCUT2D eigenvalue weighted by Crippen LogP contribution is 2.19. The zero-order chi connectivity index (χ0) is 16.1. The Balaban J connectivity index is 1.96. The zero-order valence-corrected chi connectivity index (χ0v) is 12.3. The highest BCUT2D eigenvalue weighted by Gasteiger charge is 2.15. The molecule has 2 aromatic rings. The predicted molar refractivity (Wildman–Crippen MR) is 80.9 cm³/mol. The summed E-state index contributed by atoms with van der Waals surface area (Å²) in [5.74, 6) is -0.984. The van der Waals surface area contributed by atoms with Crippen molar-refractivity contribution in [3.63, 3.8) is 0 Å². The Hall–Kier alpha value is -2.81. The smallest absolute Gasteiger partial charge is 0.273 e. The molecular weight excluding hydrogens is 308 g/mol. The van der Waals surface area contributed by atoms with Gasteiger partial charge >= 0.3 is 0 Å². The van der Waals surface area contributed by atoms with Gasteiger partial charge in [0.15, 0.2) is 5.13 Å². The van der Waals surface area contributed by atoms with Crippen molar-refractivity contribution in [1.82, 2.24) is 10.3 Å². The molecule has 0 aliphatic heterocycles. The van der Waals surface area contributed by atoms with Crippen LogP contribution < -0.4 is 10.6 Å². The van der Waals surface area contributed by atoms with Crippen LogP contribution in [0.15, 0.2) is 29.8 Å². The van der Waals surface area contributed by atoms with E-state index in [-0.39, 0.29) is 17.8 Å². The number of carbonyl (C=O) groups excluding carboxylic acids is 2. The van der Waals surface area contributed by atoms with E-state index in [1.165, 1.54) is 29.5 Å². The number of aryl methyl sites for hydroxylation is 1. The van der Waals surface area contributed by atoms with Gasteiger partial charge < -0.3 is 10.6 Å². The molecule has 22 heavy (non-hydrogen) atoms. The molecule has 0 fully saturated rings. The summed E-state index contributed by atoms with van der Waals surface area (Å²) in [7, 11) is 0. The molecule has 1 heterocycles. The number of anilines is 1. The number of nitrogens with one attached hydrogen (secondary N) is 2. The fourth-order valence-corrected chi connectivity index (χ4v) is 2.20. The van der Waals surface area contributed by atoms with E-state index in [1.807, 2.05) is 0 Å². The zero-order valence-electron chi connectivity index (χ0n) is 11.5. The summed E-state index contributed by atoms with van der Waals surface area (Å²) < 4.78 is 0. The second kappa shape index (κ2) is 6.76. The number of aromatic nitrogens is 1. The van der Waals surface area contributed by atoms with E-state index in [9.17, 15) is 19.7 Å². The first-order chi connectivity index (χ1) is 10.5. The van der Waals surface area contributed by atoms with Crippen LogP contribution in [0.5, 0.6) is 0 Å². The van der Waals surface area contributed by atoms with Crippen LogP contribution in [-0.2, 0) is 4.79 Å². The number of nitro groups is 1. The van der Waals surface area contributed by atoms with Crippen LogP contribution >= 0.6 is 11.3 Å². The van der Waals surface area contributed by atoms with E-state index in [4.69, 9.17) is 0 Å². The molecule has 114 valence electrons. The lowest BCUT2D eigenvalue weighted by molar-refractivity contribution is -0.385. The fraction of sp³-hybridized carbons (Fsp3) is 0.154. The van der Waals surface area contributed by atoms with Crippen LogP contribution in [-0.4, -0.2) is 28.3 Å². The minimum atomic E-state index is -0.558. The molecule has 0 spiro atoms. The lowest BCUT2D eigenvalue weighted by Crippen LogP contribution is -2.32. The number of amides is 2. The SMILES string of the molecule is Cc1ccc(C(=O)NCC(=O)Nc2nccs2)cc1[N+](=O)[O-]. The molecule has 0 saturated heterocycles. The van der Waals surface area contributed by atoms with E-state index in [2.05, 4.69) is 15.6 Å². The van der Waals surface area contributed by atoms with Crippen LogP contribution in [0.1, 0.15) is 15.9 Å². The second-order valence-electron chi connectivity index (χ2n) is 4.33. The fourth-order valence-electron chi connectivity index (χ4n) is 1.66. The first-order valence-corrected chi connectivity index (χ1v) is 7.08. The van der Waals surface area contributed by atoms with Crippen molar-refractivity contribution < 1.29 is 14.5 Å². The largest absolute Gasteiger partial charge is 0.343 e. The minimum Gasteiger partial charge on any atom is -0.343 e. The Bertz CT molecular complexity index is 715. The maximum absolute atomic E-state index is 11.9. The van der Waals surface area contributed by atoms with E-state index in [1.54, 1.807) is 18.5 Å². The van der Waals surface area contributed by atoms with Gasteiger partial charge in [0.1, 0.15) is 0 Å². The van der Waals surface area contributed by atoms with Crippen LogP contribution in [0.2, 0.25) is 0 Å². The van der Waals surface area contributed by atoms with Gasteiger partial charge in [-0.05, 0) is 13.0 Å². The average Bonchev–Trinajstić information content (AvgIpc) is 2.97. The number of nitrogens with zero attached hydrogens (tertiary/aromatic N) is 2. The highest BCUT2D eigenvalue weighted by molar-refractivity contribution is 7.13. The number of hydrogen-bond donors (Lipinski definition) is 2. The Morgan fingerprint density at radius 1 is 1.41 bits per heavy atom. The molecule has 1 aromatic carbocycles. The number of carbonyl (C=O) groups is 2. The van der Waals surface area contributed by atoms with Gasteiger partial charge in [0.2, 0.25) is 5.91 Å². The molecule has 1 aromatic heterocycles. The molecule has 0 unspecified atom stereocenters. The second-order valence-corrected chi connectivity index (χ2v) is 5.22. The van der Waals surface area contributed by atoms with Gasteiger partial charge in [0, 0.05) is 28.8 Å². The van der Waals surface area contributed by atoms with Crippen molar-refractivity contribution in [1.29, 1.82) is 0 Å². The topological polar surface area (TPSA) is 114 Å². The molecular formula is C13H12N4O4S. The molecule has 0 aliphatic carbocycles. The van der Waals surface area contributed by atoms with Gasteiger partial charge in [-0.25, -0.2) is 4.98 Å². The van der Waals surface area contributed by atoms with Crippen molar-refractivity contribution in [3.8, 4) is 0 Å². The normalized spacial score (nSPS) is 10.0. The Morgan fingerprint density at radius 2 is 2.18 bits per heavy atom. The highest BCUT2D eigenvalue weighted by atomic mass is 32.1. The van der Waals surface area contributed by atoms with E-state index in [0.717, 1.165) is 0 Å². The van der Waals surface area contributed by atoms with Crippen LogP contribution in [0.3, 0.4) is 0 Å². The molecule has 0 bridgehead atoms. The Labute approximate surface area is 129 Å². The predicted octanol–water partition coefficient (Wildman–Crippen LogP) is 1.73. The van der Waals surface area contributed by atoms with Crippen LogP contribution in [0.25, 0.3) is 0 Å². The third-order valence-electron chi connectivity index (χ3n) is 2.76. The Kier molecular flexibility index (Phi) is 4.79. The van der Waals surface area contributed by atoms with Crippen molar-refractivity contribution in [3.05, 3.63) is 51.0 Å². The number of rotatable bonds is 5. The van der Waals surface area contributed by atoms with Crippen molar-refractivity contribution in [2.75, 3.05) is 11.9 Å². The van der Waals surface area contributed by atoms with Gasteiger partial charge in [0.25, 0.3) is 11.6 Å². The standard InChI is InChI=1S/C13H12N4O4S/c1-8-2-3-9(6-10(8)17(20)21)12(19)15-7-11(18)16-13-14-4-5-22-13/h2-6H,7H2,1H3,(H,15,19)(H,14,16,18). The number of hydrogen-bond acceptors (Lipinski definition) is 6. The third-order valence-corrected chi connectivity index (χ3v) is 3.44. The lowest BCUT2D eigenvalue weighted by Gasteiger charge is -2.06. The van der Waals surface area contributed by atoms with Gasteiger partial charge in [-0.1, -0.05) is 6.07 Å². The average molecular weight is 320 g/mol. The molecule has 2 N–H and O–H groups in total. The van der Waals surface area contributed by atoms with Crippen molar-refractivity contribution in [2.24, 2.45) is 0 Å². The van der Waals surface area contributed by atoms with Gasteiger partial charge in [-0.3, -0.25) is 19.7 Å². The van der Waals surface area contributed by atoms with Crippen LogP contribution in [0, 0.1) is 17.0 Å². The summed E-state index contributed by atoms with van der Waals surface area (Å²) in [5, 5.41) is 17.9. The quantitative estimate of drug-likeness (QED) is 0.643. The molecule has 9 heteroatoms. The number of benzene rings is 1. The van der Waals surface area contributed by atoms with E-state index >= 15 is 0 Å². The first kappa shape index (κ1) is 15.6. The molecule has 2 rings (SSSR count). The Morgan fingerprint density at radius 3 is 2.82 bits per heavy atom.